The van der Waals surface area contributed by atoms with Gasteiger partial charge in [-0.3, -0.25) is 4.98 Å². The van der Waals surface area contributed by atoms with Gasteiger partial charge in [0.2, 0.25) is 0 Å². The van der Waals surface area contributed by atoms with E-state index in [2.05, 4.69) is 9.97 Å². The number of aromatic amines is 1. The average Bonchev–Trinajstić information content (AvgIpc) is 2.41. The highest BCUT2D eigenvalue weighted by Gasteiger charge is 1.97. The van der Waals surface area contributed by atoms with Gasteiger partial charge in [0.25, 0.3) is 0 Å². The Morgan fingerprint density at radius 3 is 3.40 bits per heavy atom. The summed E-state index contributed by atoms with van der Waals surface area (Å²) in [5, 5.41) is 9.43. The standard InChI is InChI=1S/C7H6N2O/c10-7-4-8-3-6-5(7)1-2-9-6/h1-4,9-10H/i1D,2D,3D,4D. The summed E-state index contributed by atoms with van der Waals surface area (Å²) in [6.07, 6.45) is -0.888. The van der Waals surface area contributed by atoms with Crippen molar-refractivity contribution in [2.45, 2.75) is 0 Å². The molecule has 2 aromatic rings. The average molecular weight is 138 g/mol. The number of aromatic nitrogens is 2. The van der Waals surface area contributed by atoms with Crippen LogP contribution in [0.1, 0.15) is 5.48 Å². The molecule has 2 rings (SSSR count). The second kappa shape index (κ2) is 1.73. The number of rotatable bonds is 0. The van der Waals surface area contributed by atoms with Crippen molar-refractivity contribution in [3.8, 4) is 5.75 Å². The summed E-state index contributed by atoms with van der Waals surface area (Å²) in [5.41, 5.74) is 0.119. The molecule has 3 nitrogen and oxygen atoms in total. The number of nitrogens with one attached hydrogen (secondary N) is 1. The molecule has 2 aromatic heterocycles. The summed E-state index contributed by atoms with van der Waals surface area (Å²) in [7, 11) is 0. The van der Waals surface area contributed by atoms with Crippen molar-refractivity contribution in [3.05, 3.63) is 24.6 Å². The Hall–Kier alpha value is -1.51. The van der Waals surface area contributed by atoms with E-state index in [1.165, 1.54) is 0 Å². The van der Waals surface area contributed by atoms with Gasteiger partial charge >= 0.3 is 0 Å². The zero-order chi connectivity index (χ0) is 10.5. The second-order valence-electron chi connectivity index (χ2n) is 1.81. The van der Waals surface area contributed by atoms with Crippen molar-refractivity contribution in [2.24, 2.45) is 0 Å². The first-order chi connectivity index (χ1) is 6.52. The Morgan fingerprint density at radius 1 is 1.60 bits per heavy atom. The predicted molar refractivity (Wildman–Crippen MR) is 37.8 cm³/mol. The molecule has 0 aliphatic carbocycles. The fourth-order valence-electron chi connectivity index (χ4n) is 0.735. The van der Waals surface area contributed by atoms with Crippen LogP contribution in [0, 0.1) is 0 Å². The van der Waals surface area contributed by atoms with Crippen molar-refractivity contribution in [3.63, 3.8) is 0 Å². The number of pyridine rings is 1. The maximum Gasteiger partial charge on any atom is 0.143 e. The van der Waals surface area contributed by atoms with Gasteiger partial charge in [0, 0.05) is 11.6 Å². The quantitative estimate of drug-likeness (QED) is 0.576. The van der Waals surface area contributed by atoms with Gasteiger partial charge in [0.15, 0.2) is 0 Å². The number of fused-ring (bicyclic) bond motifs is 1. The zero-order valence-electron chi connectivity index (χ0n) is 8.89. The third kappa shape index (κ3) is 0.572. The molecule has 0 spiro atoms. The van der Waals surface area contributed by atoms with Crippen LogP contribution in [-0.2, 0) is 0 Å². The zero-order valence-corrected chi connectivity index (χ0v) is 4.89. The van der Waals surface area contributed by atoms with Crippen molar-refractivity contribution in [1.29, 1.82) is 0 Å². The summed E-state index contributed by atoms with van der Waals surface area (Å²) >= 11 is 0. The van der Waals surface area contributed by atoms with Gasteiger partial charge < -0.3 is 10.1 Å². The molecule has 0 aliphatic heterocycles. The maximum atomic E-state index is 9.42. The van der Waals surface area contributed by atoms with Gasteiger partial charge in [-0.05, 0) is 6.04 Å². The number of hydrogen-bond donors (Lipinski definition) is 2. The summed E-state index contributed by atoms with van der Waals surface area (Å²) in [5.74, 6) is -0.462. The highest BCUT2D eigenvalue weighted by molar-refractivity contribution is 5.84. The molecule has 50 valence electrons. The Bertz CT molecular complexity index is 522. The lowest BCUT2D eigenvalue weighted by Gasteiger charge is -1.90. The van der Waals surface area contributed by atoms with E-state index in [0.29, 0.717) is 0 Å². The Kier molecular flexibility index (Phi) is 0.454. The van der Waals surface area contributed by atoms with Crippen molar-refractivity contribution in [1.82, 2.24) is 9.97 Å². The largest absolute Gasteiger partial charge is 0.506 e. The molecule has 0 atom stereocenters. The van der Waals surface area contributed by atoms with E-state index in [1.54, 1.807) is 0 Å². The van der Waals surface area contributed by atoms with Gasteiger partial charge in [0.05, 0.1) is 23.3 Å². The second-order valence-corrected chi connectivity index (χ2v) is 1.81. The lowest BCUT2D eigenvalue weighted by molar-refractivity contribution is 0.479. The van der Waals surface area contributed by atoms with Gasteiger partial charge in [-0.25, -0.2) is 0 Å². The minimum absolute atomic E-state index is 0.0139. The summed E-state index contributed by atoms with van der Waals surface area (Å²) in [4.78, 5) is 5.89. The number of aromatic hydroxyl groups is 1. The van der Waals surface area contributed by atoms with Crippen LogP contribution in [0.25, 0.3) is 10.9 Å². The maximum absolute atomic E-state index is 9.42. The van der Waals surface area contributed by atoms with Gasteiger partial charge in [0.1, 0.15) is 5.75 Å². The van der Waals surface area contributed by atoms with Crippen LogP contribution >= 0.6 is 0 Å². The highest BCUT2D eigenvalue weighted by atomic mass is 16.3. The molecule has 0 aliphatic rings. The number of hydrogen-bond acceptors (Lipinski definition) is 2. The van der Waals surface area contributed by atoms with Crippen LogP contribution in [0.4, 0.5) is 0 Å². The molecule has 0 aromatic carbocycles. The van der Waals surface area contributed by atoms with Crippen LogP contribution in [0.3, 0.4) is 0 Å². The molecule has 0 fully saturated rings. The molecular weight excluding hydrogens is 128 g/mol. The monoisotopic (exact) mass is 138 g/mol. The van der Waals surface area contributed by atoms with Gasteiger partial charge in [-0.2, -0.15) is 0 Å². The fraction of sp³-hybridized carbons (Fsp3) is 0. The normalized spacial score (nSPS) is 16.0. The SMILES string of the molecule is [2H]c1nc([2H])c2[nH]c([2H])c([2H])c2c1O. The first kappa shape index (κ1) is 2.62. The topological polar surface area (TPSA) is 48.9 Å². The smallest absolute Gasteiger partial charge is 0.143 e. The summed E-state index contributed by atoms with van der Waals surface area (Å²) < 4.78 is 29.3. The molecule has 0 saturated heterocycles. The van der Waals surface area contributed by atoms with Gasteiger partial charge in [-0.1, -0.05) is 0 Å². The highest BCUT2D eigenvalue weighted by Crippen LogP contribution is 2.20. The molecule has 0 radical (unpaired) electrons. The molecular formula is C7H6N2O. The summed E-state index contributed by atoms with van der Waals surface area (Å²) in [6.45, 7) is 0. The lowest BCUT2D eigenvalue weighted by atomic mass is 10.3. The third-order valence-corrected chi connectivity index (χ3v) is 1.19. The lowest BCUT2D eigenvalue weighted by Crippen LogP contribution is -1.71. The van der Waals surface area contributed by atoms with Crippen LogP contribution in [0.5, 0.6) is 5.75 Å². The van der Waals surface area contributed by atoms with E-state index in [1.807, 2.05) is 0 Å². The Labute approximate surface area is 63.0 Å². The van der Waals surface area contributed by atoms with Crippen LogP contribution < -0.4 is 0 Å². The summed E-state index contributed by atoms with van der Waals surface area (Å²) in [6, 6.07) is -0.220. The van der Waals surface area contributed by atoms with E-state index >= 15 is 0 Å². The molecule has 0 unspecified atom stereocenters. The minimum Gasteiger partial charge on any atom is -0.506 e. The van der Waals surface area contributed by atoms with Gasteiger partial charge in [-0.15, -0.1) is 0 Å². The molecule has 0 bridgehead atoms. The minimum atomic E-state index is -0.462. The molecule has 2 N–H and O–H groups in total. The molecule has 0 amide bonds. The Morgan fingerprint density at radius 2 is 2.50 bits per heavy atom. The molecule has 10 heavy (non-hydrogen) atoms. The van der Waals surface area contributed by atoms with E-state index in [9.17, 15) is 5.11 Å². The number of nitrogens with zero attached hydrogens (tertiary/aromatic N) is 1. The third-order valence-electron chi connectivity index (χ3n) is 1.19. The van der Waals surface area contributed by atoms with E-state index < -0.39 is 11.9 Å². The van der Waals surface area contributed by atoms with Crippen LogP contribution in [0.15, 0.2) is 24.6 Å². The first-order valence-electron chi connectivity index (χ1n) is 4.67. The van der Waals surface area contributed by atoms with E-state index in [4.69, 9.17) is 5.48 Å². The molecule has 2 heterocycles. The van der Waals surface area contributed by atoms with Crippen LogP contribution in [0.2, 0.25) is 0 Å². The Balaban J connectivity index is 3.03. The predicted octanol–water partition coefficient (Wildman–Crippen LogP) is 1.27. The first-order valence-corrected chi connectivity index (χ1v) is 2.67. The molecule has 3 heteroatoms. The van der Waals surface area contributed by atoms with Crippen molar-refractivity contribution < 1.29 is 10.6 Å². The van der Waals surface area contributed by atoms with E-state index in [-0.39, 0.29) is 29.3 Å². The van der Waals surface area contributed by atoms with Crippen molar-refractivity contribution in [2.75, 3.05) is 0 Å². The van der Waals surface area contributed by atoms with E-state index in [0.717, 1.165) is 0 Å². The van der Waals surface area contributed by atoms with Crippen LogP contribution in [-0.4, -0.2) is 15.1 Å². The van der Waals surface area contributed by atoms with Crippen molar-refractivity contribution >= 4 is 10.9 Å². The molecule has 0 saturated carbocycles. The fourth-order valence-corrected chi connectivity index (χ4v) is 0.735. The number of H-pyrrole nitrogens is 1.